The van der Waals surface area contributed by atoms with Crippen molar-refractivity contribution in [2.45, 2.75) is 32.4 Å². The zero-order chi connectivity index (χ0) is 25.0. The molecule has 1 atom stereocenters. The number of carbonyl (C=O) groups excluding carboxylic acids is 3. The summed E-state index contributed by atoms with van der Waals surface area (Å²) in [4.78, 5) is 44.6. The number of methoxy groups -OCH3 is 1. The van der Waals surface area contributed by atoms with Gasteiger partial charge in [0.15, 0.2) is 0 Å². The quantitative estimate of drug-likeness (QED) is 0.387. The van der Waals surface area contributed by atoms with Crippen LogP contribution in [-0.4, -0.2) is 47.9 Å². The summed E-state index contributed by atoms with van der Waals surface area (Å²) in [5.74, 6) is -0.106. The highest BCUT2D eigenvalue weighted by molar-refractivity contribution is 5.94. The number of rotatable bonds is 12. The molecule has 9 heteroatoms. The summed E-state index contributed by atoms with van der Waals surface area (Å²) < 4.78 is 10.5. The minimum atomic E-state index is -0.913. The number of benzene rings is 1. The van der Waals surface area contributed by atoms with Gasteiger partial charge in [-0.05, 0) is 36.8 Å². The van der Waals surface area contributed by atoms with Crippen LogP contribution in [-0.2, 0) is 25.7 Å². The van der Waals surface area contributed by atoms with Gasteiger partial charge in [0.1, 0.15) is 17.6 Å². The molecule has 0 saturated carbocycles. The zero-order valence-electron chi connectivity index (χ0n) is 19.9. The van der Waals surface area contributed by atoms with Crippen LogP contribution in [0.3, 0.4) is 0 Å². The summed E-state index contributed by atoms with van der Waals surface area (Å²) in [5.41, 5.74) is 1.69. The molecule has 0 unspecified atom stereocenters. The van der Waals surface area contributed by atoms with E-state index in [0.29, 0.717) is 30.3 Å². The predicted molar refractivity (Wildman–Crippen MR) is 130 cm³/mol. The van der Waals surface area contributed by atoms with Gasteiger partial charge in [0, 0.05) is 32.7 Å². The highest BCUT2D eigenvalue weighted by Gasteiger charge is 2.32. The molecule has 1 aromatic carbocycles. The molecule has 3 aromatic rings. The Kier molecular flexibility index (Phi) is 9.56. The summed E-state index contributed by atoms with van der Waals surface area (Å²) in [7, 11) is 1.55. The summed E-state index contributed by atoms with van der Waals surface area (Å²) >= 11 is 0. The van der Waals surface area contributed by atoms with Gasteiger partial charge in [0.05, 0.1) is 19.4 Å². The van der Waals surface area contributed by atoms with Gasteiger partial charge in [0.25, 0.3) is 0 Å². The normalized spacial score (nSPS) is 11.5. The number of pyridine rings is 1. The van der Waals surface area contributed by atoms with Crippen LogP contribution in [0.4, 0.5) is 5.82 Å². The number of nitrogens with one attached hydrogen (secondary N) is 2. The molecule has 0 aliphatic heterocycles. The molecule has 0 fully saturated rings. The Bertz CT molecular complexity index is 1080. The Balaban J connectivity index is 1.81. The summed E-state index contributed by atoms with van der Waals surface area (Å²) in [6.07, 6.45) is 2.93. The van der Waals surface area contributed by atoms with Crippen molar-refractivity contribution < 1.29 is 23.5 Å². The summed E-state index contributed by atoms with van der Waals surface area (Å²) in [6.45, 7) is 2.66. The molecule has 0 bridgehead atoms. The van der Waals surface area contributed by atoms with Gasteiger partial charge in [-0.15, -0.1) is 0 Å². The molecule has 3 rings (SSSR count). The molecule has 35 heavy (non-hydrogen) atoms. The molecular weight excluding hydrogens is 448 g/mol. The van der Waals surface area contributed by atoms with Crippen LogP contribution in [0.5, 0.6) is 0 Å². The lowest BCUT2D eigenvalue weighted by Gasteiger charge is -2.31. The number of hydrogen-bond acceptors (Lipinski definition) is 6. The van der Waals surface area contributed by atoms with Gasteiger partial charge in [-0.3, -0.25) is 14.4 Å². The van der Waals surface area contributed by atoms with Crippen LogP contribution in [0.15, 0.2) is 71.5 Å². The van der Waals surface area contributed by atoms with Crippen LogP contribution >= 0.6 is 0 Å². The number of amides is 3. The molecule has 0 spiro atoms. The number of ether oxygens (including phenoxy) is 1. The predicted octanol–water partition coefficient (Wildman–Crippen LogP) is 3.23. The van der Waals surface area contributed by atoms with E-state index in [1.807, 2.05) is 31.2 Å². The maximum atomic E-state index is 13.4. The molecule has 184 valence electrons. The van der Waals surface area contributed by atoms with Gasteiger partial charge in [-0.1, -0.05) is 35.9 Å². The smallest absolute Gasteiger partial charge is 0.247 e. The fraction of sp³-hybridized carbons (Fsp3) is 0.308. The average Bonchev–Trinajstić information content (AvgIpc) is 3.37. The fourth-order valence-electron chi connectivity index (χ4n) is 3.49. The van der Waals surface area contributed by atoms with Crippen molar-refractivity contribution in [2.24, 2.45) is 0 Å². The minimum absolute atomic E-state index is 0.0595. The Hall–Kier alpha value is -3.98. The SMILES string of the molecule is COCCNC(=O)[C@H](c1ccc(C)cc1)N(Cc1ccco1)C(=O)CCC(=O)Nc1ccccn1. The number of aryl methyl sites for hydroxylation is 1. The maximum Gasteiger partial charge on any atom is 0.247 e. The first-order valence-electron chi connectivity index (χ1n) is 11.3. The number of furan rings is 1. The molecule has 0 aliphatic carbocycles. The molecule has 3 amide bonds. The fourth-order valence-corrected chi connectivity index (χ4v) is 3.49. The van der Waals surface area contributed by atoms with Gasteiger partial charge in [0.2, 0.25) is 17.7 Å². The molecule has 0 radical (unpaired) electrons. The van der Waals surface area contributed by atoms with Crippen molar-refractivity contribution >= 4 is 23.5 Å². The van der Waals surface area contributed by atoms with Crippen LogP contribution in [0.25, 0.3) is 0 Å². The highest BCUT2D eigenvalue weighted by atomic mass is 16.5. The van der Waals surface area contributed by atoms with Crippen molar-refractivity contribution in [3.63, 3.8) is 0 Å². The first-order valence-corrected chi connectivity index (χ1v) is 11.3. The molecule has 2 heterocycles. The molecule has 0 saturated heterocycles. The molecule has 2 N–H and O–H groups in total. The second-order valence-electron chi connectivity index (χ2n) is 7.96. The van der Waals surface area contributed by atoms with E-state index in [0.717, 1.165) is 5.56 Å². The van der Waals surface area contributed by atoms with Crippen LogP contribution in [0, 0.1) is 6.92 Å². The van der Waals surface area contributed by atoms with E-state index in [2.05, 4.69) is 15.6 Å². The first kappa shape index (κ1) is 25.6. The molecular formula is C26H30N4O5. The van der Waals surface area contributed by atoms with Crippen LogP contribution in [0.2, 0.25) is 0 Å². The lowest BCUT2D eigenvalue weighted by molar-refractivity contribution is -0.142. The minimum Gasteiger partial charge on any atom is -0.467 e. The Labute approximate surface area is 204 Å². The average molecular weight is 479 g/mol. The summed E-state index contributed by atoms with van der Waals surface area (Å²) in [6, 6.07) is 15.1. The van der Waals surface area contributed by atoms with Crippen molar-refractivity contribution in [2.75, 3.05) is 25.6 Å². The molecule has 0 aliphatic rings. The second-order valence-corrected chi connectivity index (χ2v) is 7.96. The van der Waals surface area contributed by atoms with Crippen molar-refractivity contribution in [1.29, 1.82) is 0 Å². The topological polar surface area (TPSA) is 114 Å². The van der Waals surface area contributed by atoms with Gasteiger partial charge >= 0.3 is 0 Å². The number of aromatic nitrogens is 1. The third kappa shape index (κ3) is 7.79. The lowest BCUT2D eigenvalue weighted by Crippen LogP contribution is -2.44. The van der Waals surface area contributed by atoms with Gasteiger partial charge < -0.3 is 24.7 Å². The van der Waals surface area contributed by atoms with E-state index in [1.54, 1.807) is 43.6 Å². The number of carbonyl (C=O) groups is 3. The Morgan fingerprint density at radius 3 is 2.51 bits per heavy atom. The van der Waals surface area contributed by atoms with E-state index in [1.165, 1.54) is 11.2 Å². The van der Waals surface area contributed by atoms with E-state index >= 15 is 0 Å². The third-order valence-corrected chi connectivity index (χ3v) is 5.28. The first-order chi connectivity index (χ1) is 17.0. The van der Waals surface area contributed by atoms with Crippen LogP contribution < -0.4 is 10.6 Å². The maximum absolute atomic E-state index is 13.4. The molecule has 2 aromatic heterocycles. The van der Waals surface area contributed by atoms with Crippen molar-refractivity contribution in [3.8, 4) is 0 Å². The summed E-state index contributed by atoms with van der Waals surface area (Å²) in [5, 5.41) is 5.51. The van der Waals surface area contributed by atoms with E-state index in [4.69, 9.17) is 9.15 Å². The molecule has 9 nitrogen and oxygen atoms in total. The Morgan fingerprint density at radius 1 is 1.06 bits per heavy atom. The second kappa shape index (κ2) is 13.0. The number of anilines is 1. The van der Waals surface area contributed by atoms with Crippen LogP contribution in [0.1, 0.15) is 35.8 Å². The standard InChI is InChI=1S/C26H30N4O5/c1-19-8-10-20(11-9-19)25(26(33)28-15-17-34-2)30(18-21-6-5-16-35-21)24(32)13-12-23(31)29-22-7-3-4-14-27-22/h3-11,14,16,25H,12-13,15,17-18H2,1-2H3,(H,28,33)(H,27,29,31)/t25-/m0/s1. The highest BCUT2D eigenvalue weighted by Crippen LogP contribution is 2.25. The monoisotopic (exact) mass is 478 g/mol. The number of hydrogen-bond donors (Lipinski definition) is 2. The largest absolute Gasteiger partial charge is 0.467 e. The zero-order valence-corrected chi connectivity index (χ0v) is 19.9. The van der Waals surface area contributed by atoms with E-state index < -0.39 is 6.04 Å². The number of nitrogens with zero attached hydrogens (tertiary/aromatic N) is 2. The van der Waals surface area contributed by atoms with Crippen molar-refractivity contribution in [1.82, 2.24) is 15.2 Å². The van der Waals surface area contributed by atoms with Crippen molar-refractivity contribution in [3.05, 3.63) is 83.9 Å². The van der Waals surface area contributed by atoms with Gasteiger partial charge in [-0.2, -0.15) is 0 Å². The third-order valence-electron chi connectivity index (χ3n) is 5.28. The van der Waals surface area contributed by atoms with Gasteiger partial charge in [-0.25, -0.2) is 4.98 Å². The lowest BCUT2D eigenvalue weighted by atomic mass is 10.0. The van der Waals surface area contributed by atoms with E-state index in [9.17, 15) is 14.4 Å². The van der Waals surface area contributed by atoms with E-state index in [-0.39, 0.29) is 37.1 Å². The Morgan fingerprint density at radius 2 is 1.86 bits per heavy atom.